The van der Waals surface area contributed by atoms with Gasteiger partial charge in [-0.15, -0.1) is 0 Å². The van der Waals surface area contributed by atoms with Crippen LogP contribution in [0.15, 0.2) is 156 Å². The van der Waals surface area contributed by atoms with Crippen molar-refractivity contribution in [1.29, 1.82) is 0 Å². The molecule has 2 aromatic heterocycles. The standard InChI is InChI=1S/C39H25BrN4/c40-31-21-18-28(19-22-31)38-41-37(27-12-5-2-6-13-27)42-39(43-38)30-14-9-15-32(24-30)44-35-17-8-7-16-33(35)34-25-29(20-23-36(34)44)26-10-3-1-4-11-26/h1-25H. The van der Waals surface area contributed by atoms with E-state index in [2.05, 4.69) is 118 Å². The molecule has 0 fully saturated rings. The van der Waals surface area contributed by atoms with Gasteiger partial charge < -0.3 is 4.57 Å². The Morgan fingerprint density at radius 3 is 1.66 bits per heavy atom. The summed E-state index contributed by atoms with van der Waals surface area (Å²) in [5, 5.41) is 2.44. The van der Waals surface area contributed by atoms with Crippen LogP contribution in [0.1, 0.15) is 0 Å². The molecule has 0 aliphatic heterocycles. The number of para-hydroxylation sites is 1. The van der Waals surface area contributed by atoms with Gasteiger partial charge in [0.15, 0.2) is 17.5 Å². The summed E-state index contributed by atoms with van der Waals surface area (Å²) >= 11 is 3.54. The Morgan fingerprint density at radius 2 is 0.932 bits per heavy atom. The normalized spacial score (nSPS) is 11.3. The van der Waals surface area contributed by atoms with Crippen molar-refractivity contribution in [3.8, 4) is 51.0 Å². The fourth-order valence-corrected chi connectivity index (χ4v) is 6.06. The molecule has 0 aliphatic carbocycles. The van der Waals surface area contributed by atoms with Crippen LogP contribution in [0.4, 0.5) is 0 Å². The van der Waals surface area contributed by atoms with Gasteiger partial charge in [-0.05, 0) is 53.6 Å². The lowest BCUT2D eigenvalue weighted by Crippen LogP contribution is -2.01. The third-order valence-corrected chi connectivity index (χ3v) is 8.44. The van der Waals surface area contributed by atoms with Gasteiger partial charge in [-0.25, -0.2) is 15.0 Å². The first-order chi connectivity index (χ1) is 21.7. The molecular weight excluding hydrogens is 604 g/mol. The molecule has 6 aromatic carbocycles. The van der Waals surface area contributed by atoms with Crippen LogP contribution in [0.5, 0.6) is 0 Å². The molecule has 0 radical (unpaired) electrons. The zero-order chi connectivity index (χ0) is 29.5. The number of hydrogen-bond donors (Lipinski definition) is 0. The van der Waals surface area contributed by atoms with Gasteiger partial charge in [0.1, 0.15) is 0 Å². The molecule has 0 N–H and O–H groups in total. The summed E-state index contributed by atoms with van der Waals surface area (Å²) in [5.41, 5.74) is 8.57. The van der Waals surface area contributed by atoms with E-state index in [1.54, 1.807) is 0 Å². The number of benzene rings is 6. The Bertz CT molecular complexity index is 2270. The highest BCUT2D eigenvalue weighted by Crippen LogP contribution is 2.36. The van der Waals surface area contributed by atoms with E-state index in [1.165, 1.54) is 21.9 Å². The second kappa shape index (κ2) is 11.0. The maximum Gasteiger partial charge on any atom is 0.164 e. The van der Waals surface area contributed by atoms with Gasteiger partial charge in [-0.2, -0.15) is 0 Å². The quantitative estimate of drug-likeness (QED) is 0.190. The van der Waals surface area contributed by atoms with Crippen LogP contribution in [0.2, 0.25) is 0 Å². The molecule has 8 rings (SSSR count). The van der Waals surface area contributed by atoms with Gasteiger partial charge >= 0.3 is 0 Å². The number of fused-ring (bicyclic) bond motifs is 3. The summed E-state index contributed by atoms with van der Waals surface area (Å²) in [6, 6.07) is 52.5. The molecule has 0 bridgehead atoms. The van der Waals surface area contributed by atoms with E-state index in [0.717, 1.165) is 37.9 Å². The third kappa shape index (κ3) is 4.77. The molecule has 4 nitrogen and oxygen atoms in total. The van der Waals surface area contributed by atoms with Gasteiger partial charge in [0.2, 0.25) is 0 Å². The summed E-state index contributed by atoms with van der Waals surface area (Å²) in [5.74, 6) is 1.91. The number of hydrogen-bond acceptors (Lipinski definition) is 3. The van der Waals surface area contributed by atoms with Crippen LogP contribution >= 0.6 is 15.9 Å². The van der Waals surface area contributed by atoms with Crippen LogP contribution in [-0.2, 0) is 0 Å². The summed E-state index contributed by atoms with van der Waals surface area (Å²) in [4.78, 5) is 14.8. The van der Waals surface area contributed by atoms with Crippen molar-refractivity contribution in [3.05, 3.63) is 156 Å². The van der Waals surface area contributed by atoms with Gasteiger partial charge in [-0.1, -0.05) is 125 Å². The largest absolute Gasteiger partial charge is 0.309 e. The summed E-state index contributed by atoms with van der Waals surface area (Å²) in [6.45, 7) is 0. The van der Waals surface area contributed by atoms with Crippen molar-refractivity contribution in [2.75, 3.05) is 0 Å². The lowest BCUT2D eigenvalue weighted by molar-refractivity contribution is 1.07. The average Bonchev–Trinajstić information content (AvgIpc) is 3.43. The van der Waals surface area contributed by atoms with Gasteiger partial charge in [0, 0.05) is 37.6 Å². The number of rotatable bonds is 5. The summed E-state index contributed by atoms with van der Waals surface area (Å²) < 4.78 is 3.34. The van der Waals surface area contributed by atoms with E-state index in [0.29, 0.717) is 17.5 Å². The third-order valence-electron chi connectivity index (χ3n) is 7.91. The Balaban J connectivity index is 1.30. The summed E-state index contributed by atoms with van der Waals surface area (Å²) in [6.07, 6.45) is 0. The minimum atomic E-state index is 0.630. The second-order valence-electron chi connectivity index (χ2n) is 10.7. The molecule has 0 saturated carbocycles. The second-order valence-corrected chi connectivity index (χ2v) is 11.6. The van der Waals surface area contributed by atoms with E-state index < -0.39 is 0 Å². The van der Waals surface area contributed by atoms with Crippen LogP contribution in [0.25, 0.3) is 72.8 Å². The fourth-order valence-electron chi connectivity index (χ4n) is 5.79. The van der Waals surface area contributed by atoms with Crippen LogP contribution in [0, 0.1) is 0 Å². The van der Waals surface area contributed by atoms with E-state index in [1.807, 2.05) is 54.6 Å². The maximum atomic E-state index is 4.97. The lowest BCUT2D eigenvalue weighted by Gasteiger charge is -2.12. The van der Waals surface area contributed by atoms with Gasteiger partial charge in [0.05, 0.1) is 11.0 Å². The molecule has 2 heterocycles. The minimum Gasteiger partial charge on any atom is -0.309 e. The minimum absolute atomic E-state index is 0.630. The molecule has 0 unspecified atom stereocenters. The van der Waals surface area contributed by atoms with E-state index >= 15 is 0 Å². The molecule has 0 spiro atoms. The van der Waals surface area contributed by atoms with E-state index in [4.69, 9.17) is 15.0 Å². The van der Waals surface area contributed by atoms with E-state index in [-0.39, 0.29) is 0 Å². The molecule has 0 aliphatic rings. The topological polar surface area (TPSA) is 43.6 Å². The van der Waals surface area contributed by atoms with Crippen LogP contribution < -0.4 is 0 Å². The molecule has 5 heteroatoms. The Labute approximate surface area is 263 Å². The van der Waals surface area contributed by atoms with Crippen LogP contribution in [-0.4, -0.2) is 19.5 Å². The van der Waals surface area contributed by atoms with E-state index in [9.17, 15) is 0 Å². The highest BCUT2D eigenvalue weighted by molar-refractivity contribution is 9.10. The number of nitrogens with zero attached hydrogens (tertiary/aromatic N) is 4. The molecular formula is C39H25BrN4. The van der Waals surface area contributed by atoms with Crippen molar-refractivity contribution < 1.29 is 0 Å². The highest BCUT2D eigenvalue weighted by atomic mass is 79.9. The van der Waals surface area contributed by atoms with Crippen LogP contribution in [0.3, 0.4) is 0 Å². The Kier molecular flexibility index (Phi) is 6.58. The number of halogens is 1. The zero-order valence-electron chi connectivity index (χ0n) is 23.6. The smallest absolute Gasteiger partial charge is 0.164 e. The average molecular weight is 630 g/mol. The molecule has 0 atom stereocenters. The van der Waals surface area contributed by atoms with Crippen molar-refractivity contribution in [3.63, 3.8) is 0 Å². The molecule has 0 saturated heterocycles. The Morgan fingerprint density at radius 1 is 0.386 bits per heavy atom. The van der Waals surface area contributed by atoms with Gasteiger partial charge in [0.25, 0.3) is 0 Å². The van der Waals surface area contributed by atoms with Crippen molar-refractivity contribution in [2.24, 2.45) is 0 Å². The molecule has 44 heavy (non-hydrogen) atoms. The monoisotopic (exact) mass is 628 g/mol. The van der Waals surface area contributed by atoms with Crippen molar-refractivity contribution >= 4 is 37.7 Å². The lowest BCUT2D eigenvalue weighted by atomic mass is 10.0. The first kappa shape index (κ1) is 26.3. The summed E-state index contributed by atoms with van der Waals surface area (Å²) in [7, 11) is 0. The first-order valence-electron chi connectivity index (χ1n) is 14.5. The maximum absolute atomic E-state index is 4.97. The molecule has 0 amide bonds. The first-order valence-corrected chi connectivity index (χ1v) is 15.3. The molecule has 208 valence electrons. The predicted octanol–water partition coefficient (Wildman–Crippen LogP) is 10.4. The number of aromatic nitrogens is 4. The zero-order valence-corrected chi connectivity index (χ0v) is 25.2. The van der Waals surface area contributed by atoms with Gasteiger partial charge in [-0.3, -0.25) is 0 Å². The molecule has 8 aromatic rings. The van der Waals surface area contributed by atoms with Crippen molar-refractivity contribution in [1.82, 2.24) is 19.5 Å². The highest BCUT2D eigenvalue weighted by Gasteiger charge is 2.16. The predicted molar refractivity (Wildman–Crippen MR) is 184 cm³/mol. The Hall–Kier alpha value is -5.39. The SMILES string of the molecule is Brc1ccc(-c2nc(-c3ccccc3)nc(-c3cccc(-n4c5ccccc5c5cc(-c6ccccc6)ccc54)c3)n2)cc1. The van der Waals surface area contributed by atoms with Crippen molar-refractivity contribution in [2.45, 2.75) is 0 Å². The fraction of sp³-hybridized carbons (Fsp3) is 0.